The Morgan fingerprint density at radius 2 is 1.90 bits per heavy atom. The number of alkyl halides is 1. The first-order valence-electron chi connectivity index (χ1n) is 13.4. The Morgan fingerprint density at radius 1 is 1.13 bits per heavy atom. The fourth-order valence-corrected chi connectivity index (χ4v) is 6.57. The second kappa shape index (κ2) is 10.5. The minimum atomic E-state index is -2.99. The van der Waals surface area contributed by atoms with Crippen LogP contribution in [-0.4, -0.2) is 80.4 Å². The molecule has 11 heteroatoms. The second-order valence-corrected chi connectivity index (χ2v) is 13.5. The Kier molecular flexibility index (Phi) is 7.41. The molecule has 4 heterocycles. The van der Waals surface area contributed by atoms with E-state index in [-0.39, 0.29) is 18.2 Å². The number of nitrogens with one attached hydrogen (secondary N) is 1. The summed E-state index contributed by atoms with van der Waals surface area (Å²) in [6.45, 7) is 8.32. The van der Waals surface area contributed by atoms with Crippen LogP contribution in [0.15, 0.2) is 36.7 Å². The number of pyridine rings is 1. The molecule has 5 rings (SSSR count). The van der Waals surface area contributed by atoms with E-state index in [0.29, 0.717) is 49.6 Å². The monoisotopic (exact) mass is 556 g/mol. The zero-order chi connectivity index (χ0) is 27.9. The van der Waals surface area contributed by atoms with Gasteiger partial charge in [0.05, 0.1) is 17.9 Å². The first-order valence-corrected chi connectivity index (χ1v) is 15.4. The molecule has 0 amide bonds. The number of ether oxygens (including phenoxy) is 1. The van der Waals surface area contributed by atoms with Gasteiger partial charge < -0.3 is 19.9 Å². The third-order valence-electron chi connectivity index (χ3n) is 7.94. The Morgan fingerprint density at radius 3 is 2.56 bits per heavy atom. The van der Waals surface area contributed by atoms with Crippen LogP contribution < -0.4 is 15.1 Å². The number of anilines is 4. The molecular formula is C28H37FN6O3S. The summed E-state index contributed by atoms with van der Waals surface area (Å²) in [6.07, 6.45) is 4.23. The lowest BCUT2D eigenvalue weighted by atomic mass is 9.91. The van der Waals surface area contributed by atoms with E-state index in [0.717, 1.165) is 16.5 Å². The van der Waals surface area contributed by atoms with Gasteiger partial charge in [0.15, 0.2) is 0 Å². The highest BCUT2D eigenvalue weighted by Crippen LogP contribution is 2.37. The maximum absolute atomic E-state index is 14.8. The summed E-state index contributed by atoms with van der Waals surface area (Å²) in [7, 11) is -1.44. The third-order valence-corrected chi connectivity index (χ3v) is 9.02. The van der Waals surface area contributed by atoms with Gasteiger partial charge in [0.25, 0.3) is 0 Å². The van der Waals surface area contributed by atoms with Crippen molar-refractivity contribution in [1.82, 2.24) is 15.0 Å². The molecular weight excluding hydrogens is 519 g/mol. The molecule has 39 heavy (non-hydrogen) atoms. The van der Waals surface area contributed by atoms with Crippen LogP contribution in [0.4, 0.5) is 27.7 Å². The number of rotatable bonds is 8. The van der Waals surface area contributed by atoms with Gasteiger partial charge in [0.1, 0.15) is 27.6 Å². The Balaban J connectivity index is 1.37. The number of methoxy groups -OCH3 is 1. The molecule has 2 aliphatic heterocycles. The summed E-state index contributed by atoms with van der Waals surface area (Å²) < 4.78 is 43.6. The van der Waals surface area contributed by atoms with Crippen molar-refractivity contribution >= 4 is 43.9 Å². The van der Waals surface area contributed by atoms with Crippen LogP contribution in [-0.2, 0) is 14.6 Å². The van der Waals surface area contributed by atoms with E-state index >= 15 is 0 Å². The highest BCUT2D eigenvalue weighted by molar-refractivity contribution is 7.90. The van der Waals surface area contributed by atoms with Gasteiger partial charge in [-0.25, -0.2) is 22.8 Å². The van der Waals surface area contributed by atoms with Crippen LogP contribution in [0.2, 0.25) is 0 Å². The zero-order valence-electron chi connectivity index (χ0n) is 23.2. The number of piperidine rings is 1. The van der Waals surface area contributed by atoms with Crippen molar-refractivity contribution < 1.29 is 17.5 Å². The number of aromatic nitrogens is 3. The molecule has 0 saturated carbocycles. The van der Waals surface area contributed by atoms with Gasteiger partial charge in [-0.05, 0) is 48.4 Å². The quantitative estimate of drug-likeness (QED) is 0.435. The van der Waals surface area contributed by atoms with Crippen molar-refractivity contribution in [3.05, 3.63) is 42.2 Å². The standard InChI is InChI=1S/C28H37FN6O3S/c1-18(2)20-6-7-23(35-14-19(15-35)17-39(5,36)37)22-13-31-26(12-21(20)22)32-25-8-10-30-27(33-25)34-11-9-28(3,38-4)24(29)16-34/h6-8,10,12-13,18-19,24H,9,11,14-17H2,1-5H3,(H,30,31,32,33)/t24-,28-/m1/s1. The summed E-state index contributed by atoms with van der Waals surface area (Å²) in [5.74, 6) is 2.37. The number of hydrogen-bond acceptors (Lipinski definition) is 9. The van der Waals surface area contributed by atoms with Gasteiger partial charge in [-0.2, -0.15) is 4.98 Å². The summed E-state index contributed by atoms with van der Waals surface area (Å²) in [6, 6.07) is 8.07. The van der Waals surface area contributed by atoms with E-state index in [1.165, 1.54) is 11.8 Å². The molecule has 0 bridgehead atoms. The van der Waals surface area contributed by atoms with E-state index < -0.39 is 21.6 Å². The topological polar surface area (TPSA) is 101 Å². The second-order valence-electron chi connectivity index (χ2n) is 11.4. The first-order chi connectivity index (χ1) is 18.5. The molecule has 2 saturated heterocycles. The minimum Gasteiger partial charge on any atom is -0.375 e. The van der Waals surface area contributed by atoms with Crippen molar-refractivity contribution in [2.24, 2.45) is 5.92 Å². The van der Waals surface area contributed by atoms with Crippen LogP contribution in [0.1, 0.15) is 38.7 Å². The Bertz CT molecular complexity index is 1460. The summed E-state index contributed by atoms with van der Waals surface area (Å²) >= 11 is 0. The van der Waals surface area contributed by atoms with E-state index in [9.17, 15) is 12.8 Å². The lowest BCUT2D eigenvalue weighted by Crippen LogP contribution is -2.53. The van der Waals surface area contributed by atoms with Crippen molar-refractivity contribution in [3.8, 4) is 0 Å². The molecule has 1 aromatic carbocycles. The van der Waals surface area contributed by atoms with Crippen LogP contribution in [0.5, 0.6) is 0 Å². The average molecular weight is 557 g/mol. The number of sulfone groups is 1. The number of halogens is 1. The van der Waals surface area contributed by atoms with Crippen molar-refractivity contribution in [2.75, 3.05) is 60.4 Å². The number of fused-ring (bicyclic) bond motifs is 1. The fourth-order valence-electron chi connectivity index (χ4n) is 5.50. The van der Waals surface area contributed by atoms with E-state index in [1.807, 2.05) is 17.2 Å². The predicted octanol–water partition coefficient (Wildman–Crippen LogP) is 4.33. The highest BCUT2D eigenvalue weighted by Gasteiger charge is 2.40. The summed E-state index contributed by atoms with van der Waals surface area (Å²) in [5, 5.41) is 5.43. The maximum Gasteiger partial charge on any atom is 0.227 e. The minimum absolute atomic E-state index is 0.150. The van der Waals surface area contributed by atoms with E-state index in [4.69, 9.17) is 4.74 Å². The molecule has 0 radical (unpaired) electrons. The summed E-state index contributed by atoms with van der Waals surface area (Å²) in [4.78, 5) is 17.8. The zero-order valence-corrected chi connectivity index (χ0v) is 24.0. The van der Waals surface area contributed by atoms with Gasteiger partial charge in [0.2, 0.25) is 5.95 Å². The van der Waals surface area contributed by atoms with Crippen LogP contribution in [0, 0.1) is 5.92 Å². The lowest BCUT2D eigenvalue weighted by molar-refractivity contribution is -0.0679. The van der Waals surface area contributed by atoms with E-state index in [2.05, 4.69) is 51.1 Å². The van der Waals surface area contributed by atoms with Crippen LogP contribution in [0.25, 0.3) is 10.8 Å². The van der Waals surface area contributed by atoms with Crippen LogP contribution in [0.3, 0.4) is 0 Å². The van der Waals surface area contributed by atoms with Crippen molar-refractivity contribution in [2.45, 2.75) is 44.9 Å². The van der Waals surface area contributed by atoms with Crippen molar-refractivity contribution in [3.63, 3.8) is 0 Å². The molecule has 9 nitrogen and oxygen atoms in total. The molecule has 2 aromatic heterocycles. The molecule has 1 N–H and O–H groups in total. The van der Waals surface area contributed by atoms with Gasteiger partial charge in [-0.15, -0.1) is 0 Å². The molecule has 3 aromatic rings. The fraction of sp³-hybridized carbons (Fsp3) is 0.536. The van der Waals surface area contributed by atoms with Gasteiger partial charge >= 0.3 is 0 Å². The molecule has 210 valence electrons. The third kappa shape index (κ3) is 5.79. The number of hydrogen-bond donors (Lipinski definition) is 1. The first kappa shape index (κ1) is 27.5. The normalized spacial score (nSPS) is 22.4. The largest absolute Gasteiger partial charge is 0.375 e. The maximum atomic E-state index is 14.8. The average Bonchev–Trinajstić information content (AvgIpc) is 2.86. The summed E-state index contributed by atoms with van der Waals surface area (Å²) in [5.41, 5.74) is 1.48. The molecule has 0 unspecified atom stereocenters. The molecule has 0 spiro atoms. The Labute approximate surface area is 229 Å². The van der Waals surface area contributed by atoms with Crippen LogP contribution >= 0.6 is 0 Å². The molecule has 0 aliphatic carbocycles. The van der Waals surface area contributed by atoms with E-state index in [1.54, 1.807) is 26.3 Å². The molecule has 2 atom stereocenters. The van der Waals surface area contributed by atoms with Gasteiger partial charge in [-0.3, -0.25) is 0 Å². The highest BCUT2D eigenvalue weighted by atomic mass is 32.2. The number of nitrogens with zero attached hydrogens (tertiary/aromatic N) is 5. The number of benzene rings is 1. The lowest BCUT2D eigenvalue weighted by Gasteiger charge is -2.41. The predicted molar refractivity (Wildman–Crippen MR) is 154 cm³/mol. The molecule has 2 aliphatic rings. The van der Waals surface area contributed by atoms with Gasteiger partial charge in [-0.1, -0.05) is 19.9 Å². The Hall–Kier alpha value is -3.05. The van der Waals surface area contributed by atoms with Gasteiger partial charge in [0, 0.05) is 62.4 Å². The van der Waals surface area contributed by atoms with Crippen molar-refractivity contribution in [1.29, 1.82) is 0 Å². The molecule has 2 fully saturated rings. The SMILES string of the molecule is CO[C@]1(C)CCN(c2nccc(Nc3cc4c(C(C)C)ccc(N5CC(CS(C)(=O)=O)C5)c4cn3)n2)C[C@H]1F. The smallest absolute Gasteiger partial charge is 0.227 e.